The van der Waals surface area contributed by atoms with E-state index in [9.17, 15) is 24.2 Å². The van der Waals surface area contributed by atoms with Crippen LogP contribution in [0.25, 0.3) is 0 Å². The molecule has 0 heterocycles. The number of phosphoric acid groups is 1. The average Bonchev–Trinajstić information content (AvgIpc) is 3.10. The van der Waals surface area contributed by atoms with Crippen LogP contribution in [0.5, 0.6) is 0 Å². The zero-order valence-corrected chi connectivity index (χ0v) is 32.0. The van der Waals surface area contributed by atoms with Gasteiger partial charge in [-0.05, 0) is 77.0 Å². The quantitative estimate of drug-likeness (QED) is 0.0259. The number of aliphatic hydroxyl groups excluding tert-OH is 1. The highest BCUT2D eigenvalue weighted by molar-refractivity contribution is 7.47. The third kappa shape index (κ3) is 36.7. The maximum absolute atomic E-state index is 12.0. The van der Waals surface area contributed by atoms with Crippen molar-refractivity contribution < 1.29 is 37.9 Å². The molecular weight excluding hydrogens is 653 g/mol. The number of hydrogen-bond acceptors (Lipinski definition) is 7. The molecular formula is C40H68NO8P. The average molecular weight is 722 g/mol. The van der Waals surface area contributed by atoms with Gasteiger partial charge >= 0.3 is 13.8 Å². The predicted molar refractivity (Wildman–Crippen MR) is 206 cm³/mol. The highest BCUT2D eigenvalue weighted by atomic mass is 31.2. The van der Waals surface area contributed by atoms with Crippen LogP contribution in [-0.4, -0.2) is 54.3 Å². The number of carbonyl (C=O) groups is 2. The second-order valence-electron chi connectivity index (χ2n) is 12.2. The molecule has 10 heteroatoms. The predicted octanol–water partition coefficient (Wildman–Crippen LogP) is 9.93. The summed E-state index contributed by atoms with van der Waals surface area (Å²) in [6, 6.07) is 0. The smallest absolute Gasteiger partial charge is 0.463 e. The van der Waals surface area contributed by atoms with E-state index in [4.69, 9.17) is 13.8 Å². The molecule has 50 heavy (non-hydrogen) atoms. The first-order valence-electron chi connectivity index (χ1n) is 18.9. The molecule has 0 saturated heterocycles. The Morgan fingerprint density at radius 2 is 1.16 bits per heavy atom. The lowest BCUT2D eigenvalue weighted by Crippen LogP contribution is -2.27. The molecule has 2 atom stereocenters. The summed E-state index contributed by atoms with van der Waals surface area (Å²) in [4.78, 5) is 33.7. The van der Waals surface area contributed by atoms with E-state index in [-0.39, 0.29) is 32.1 Å². The number of amides is 1. The number of hydrogen-bond donors (Lipinski definition) is 3. The number of ether oxygens (including phenoxy) is 1. The van der Waals surface area contributed by atoms with Crippen molar-refractivity contribution in [1.29, 1.82) is 0 Å². The van der Waals surface area contributed by atoms with Crippen molar-refractivity contribution >= 4 is 19.7 Å². The lowest BCUT2D eigenvalue weighted by molar-refractivity contribution is -0.147. The van der Waals surface area contributed by atoms with Gasteiger partial charge in [-0.25, -0.2) is 4.57 Å². The molecule has 3 N–H and O–H groups in total. The molecule has 286 valence electrons. The molecule has 0 bridgehead atoms. The molecule has 0 aromatic heterocycles. The van der Waals surface area contributed by atoms with Gasteiger partial charge in [-0.3, -0.25) is 18.6 Å². The minimum Gasteiger partial charge on any atom is -0.463 e. The van der Waals surface area contributed by atoms with E-state index in [1.54, 1.807) is 0 Å². The van der Waals surface area contributed by atoms with Crippen LogP contribution in [0, 0.1) is 0 Å². The Hall–Kier alpha value is -2.55. The molecule has 0 rings (SSSR count). The Kier molecular flexibility index (Phi) is 34.4. The summed E-state index contributed by atoms with van der Waals surface area (Å²) in [5.74, 6) is -0.594. The molecule has 9 nitrogen and oxygen atoms in total. The molecule has 0 fully saturated rings. The van der Waals surface area contributed by atoms with Gasteiger partial charge in [0.05, 0.1) is 13.2 Å². The topological polar surface area (TPSA) is 131 Å². The fourth-order valence-corrected chi connectivity index (χ4v) is 5.28. The van der Waals surface area contributed by atoms with Crippen molar-refractivity contribution in [3.05, 3.63) is 72.9 Å². The first-order valence-corrected chi connectivity index (χ1v) is 20.4. The number of phosphoric ester groups is 1. The normalized spacial score (nSPS) is 14.2. The van der Waals surface area contributed by atoms with Gasteiger partial charge in [0.2, 0.25) is 5.91 Å². The maximum Gasteiger partial charge on any atom is 0.472 e. The van der Waals surface area contributed by atoms with Crippen LogP contribution in [0.2, 0.25) is 0 Å². The van der Waals surface area contributed by atoms with E-state index in [1.807, 2.05) is 0 Å². The first-order chi connectivity index (χ1) is 24.3. The number of carbonyl (C=O) groups excluding carboxylic acids is 2. The summed E-state index contributed by atoms with van der Waals surface area (Å²) in [5, 5.41) is 12.6. The molecule has 0 aliphatic rings. The monoisotopic (exact) mass is 721 g/mol. The van der Waals surface area contributed by atoms with Crippen molar-refractivity contribution in [3.63, 3.8) is 0 Å². The standard InChI is InChI=1S/C40H68NO8P/c1-3-5-7-9-11-13-15-17-18-19-20-21-22-24-26-28-30-32-39(43)41-34-35-48-50(45,46)49-37-38(42)36-47-40(44)33-31-29-27-25-23-16-14-12-10-8-6-4-2/h5,7,11-14,17-18,20-21,24,26,38,42H,3-4,6,8-10,15-16,19,22-23,25,27-37H2,1-2H3,(H,41,43)(H,45,46)/b7-5-,13-11-,14-12-,18-17-,21-20-,26-24-. The Labute approximate surface area is 303 Å². The van der Waals surface area contributed by atoms with Crippen LogP contribution in [0.1, 0.15) is 136 Å². The van der Waals surface area contributed by atoms with Gasteiger partial charge in [-0.2, -0.15) is 0 Å². The number of allylic oxidation sites excluding steroid dienone is 12. The fraction of sp³-hybridized carbons (Fsp3) is 0.650. The Morgan fingerprint density at radius 1 is 0.640 bits per heavy atom. The van der Waals surface area contributed by atoms with Gasteiger partial charge in [0, 0.05) is 19.4 Å². The van der Waals surface area contributed by atoms with Crippen LogP contribution < -0.4 is 5.32 Å². The maximum atomic E-state index is 12.0. The van der Waals surface area contributed by atoms with Crippen molar-refractivity contribution in [3.8, 4) is 0 Å². The van der Waals surface area contributed by atoms with Crippen LogP contribution >= 0.6 is 7.82 Å². The van der Waals surface area contributed by atoms with Crippen LogP contribution in [0.15, 0.2) is 72.9 Å². The van der Waals surface area contributed by atoms with Crippen molar-refractivity contribution in [2.24, 2.45) is 0 Å². The highest BCUT2D eigenvalue weighted by Crippen LogP contribution is 2.42. The summed E-state index contributed by atoms with van der Waals surface area (Å²) in [7, 11) is -4.43. The fourth-order valence-electron chi connectivity index (χ4n) is 4.53. The SMILES string of the molecule is CC/C=C\C/C=C\C/C=C\C/C=C\C/C=C\CCCC(=O)NCCOP(=O)(O)OCC(O)COC(=O)CCCCCCC/C=C\CCCCC. The minimum atomic E-state index is -4.43. The minimum absolute atomic E-state index is 0.0464. The molecule has 1 amide bonds. The molecule has 0 spiro atoms. The summed E-state index contributed by atoms with van der Waals surface area (Å²) in [6.45, 7) is 3.30. The first kappa shape index (κ1) is 47.4. The van der Waals surface area contributed by atoms with Gasteiger partial charge in [0.1, 0.15) is 12.7 Å². The second kappa shape index (κ2) is 36.2. The van der Waals surface area contributed by atoms with E-state index < -0.39 is 26.5 Å². The second-order valence-corrected chi connectivity index (χ2v) is 13.6. The summed E-state index contributed by atoms with van der Waals surface area (Å²) in [5.41, 5.74) is 0. The van der Waals surface area contributed by atoms with E-state index >= 15 is 0 Å². The van der Waals surface area contributed by atoms with Crippen molar-refractivity contribution in [2.45, 2.75) is 142 Å². The number of nitrogens with one attached hydrogen (secondary N) is 1. The third-order valence-electron chi connectivity index (χ3n) is 7.37. The van der Waals surface area contributed by atoms with Crippen molar-refractivity contribution in [2.75, 3.05) is 26.4 Å². The Bertz CT molecular complexity index is 1050. The molecule has 0 saturated carbocycles. The number of esters is 1. The van der Waals surface area contributed by atoms with Crippen LogP contribution in [0.4, 0.5) is 0 Å². The van der Waals surface area contributed by atoms with Crippen molar-refractivity contribution in [1.82, 2.24) is 5.32 Å². The zero-order valence-electron chi connectivity index (χ0n) is 31.1. The number of unbranched alkanes of at least 4 members (excludes halogenated alkanes) is 9. The lowest BCUT2D eigenvalue weighted by Gasteiger charge is -2.15. The van der Waals surface area contributed by atoms with E-state index in [1.165, 1.54) is 25.7 Å². The summed E-state index contributed by atoms with van der Waals surface area (Å²) < 4.78 is 26.7. The van der Waals surface area contributed by atoms with Crippen LogP contribution in [0.3, 0.4) is 0 Å². The molecule has 0 radical (unpaired) electrons. The van der Waals surface area contributed by atoms with E-state index in [0.29, 0.717) is 12.8 Å². The van der Waals surface area contributed by atoms with E-state index in [0.717, 1.165) is 77.0 Å². The van der Waals surface area contributed by atoms with Gasteiger partial charge in [0.15, 0.2) is 0 Å². The molecule has 0 aliphatic heterocycles. The molecule has 0 aromatic rings. The largest absolute Gasteiger partial charge is 0.472 e. The van der Waals surface area contributed by atoms with E-state index in [2.05, 4.69) is 92.1 Å². The van der Waals surface area contributed by atoms with Crippen LogP contribution in [-0.2, 0) is 27.9 Å². The van der Waals surface area contributed by atoms with Gasteiger partial charge in [0.25, 0.3) is 0 Å². The number of aliphatic hydroxyl groups is 1. The Morgan fingerprint density at radius 3 is 1.78 bits per heavy atom. The number of rotatable bonds is 34. The summed E-state index contributed by atoms with van der Waals surface area (Å²) >= 11 is 0. The lowest BCUT2D eigenvalue weighted by atomic mass is 10.1. The molecule has 0 aromatic carbocycles. The van der Waals surface area contributed by atoms with Gasteiger partial charge in [-0.1, -0.05) is 119 Å². The zero-order chi connectivity index (χ0) is 36.8. The Balaban J connectivity index is 3.75. The van der Waals surface area contributed by atoms with Gasteiger partial charge < -0.3 is 20.1 Å². The third-order valence-corrected chi connectivity index (χ3v) is 8.35. The molecule has 0 aliphatic carbocycles. The summed E-state index contributed by atoms with van der Waals surface area (Å²) in [6.07, 6.45) is 42.7. The van der Waals surface area contributed by atoms with Gasteiger partial charge in [-0.15, -0.1) is 0 Å². The highest BCUT2D eigenvalue weighted by Gasteiger charge is 2.23. The molecule has 2 unspecified atom stereocenters.